The summed E-state index contributed by atoms with van der Waals surface area (Å²) in [4.78, 5) is 0. The first-order chi connectivity index (χ1) is 5.13. The maximum atomic E-state index is 5.47. The number of rotatable bonds is 3. The summed E-state index contributed by atoms with van der Waals surface area (Å²) in [6.45, 7) is 3.77. The molecule has 0 spiro atoms. The lowest BCUT2D eigenvalue weighted by molar-refractivity contribution is 0.926. The van der Waals surface area contributed by atoms with Crippen molar-refractivity contribution < 1.29 is 0 Å². The van der Waals surface area contributed by atoms with E-state index in [4.69, 9.17) is 11.5 Å². The third-order valence-corrected chi connectivity index (χ3v) is 0.996. The highest BCUT2D eigenvalue weighted by atomic mass is 14.6. The van der Waals surface area contributed by atoms with Crippen LogP contribution >= 0.6 is 0 Å². The SMILES string of the molecule is C\C(N)=C/C=C/C=C/C(C)N. The molecule has 0 aromatic heterocycles. The van der Waals surface area contributed by atoms with Gasteiger partial charge in [0, 0.05) is 11.7 Å². The van der Waals surface area contributed by atoms with E-state index >= 15 is 0 Å². The summed E-state index contributed by atoms with van der Waals surface area (Å²) < 4.78 is 0. The van der Waals surface area contributed by atoms with Crippen LogP contribution in [0.3, 0.4) is 0 Å². The van der Waals surface area contributed by atoms with Crippen molar-refractivity contribution in [3.8, 4) is 0 Å². The highest BCUT2D eigenvalue weighted by Gasteiger charge is 1.78. The highest BCUT2D eigenvalue weighted by Crippen LogP contribution is 1.85. The molecule has 0 aliphatic rings. The van der Waals surface area contributed by atoms with Gasteiger partial charge in [0.05, 0.1) is 0 Å². The molecule has 62 valence electrons. The smallest absolute Gasteiger partial charge is 0.0197 e. The monoisotopic (exact) mass is 152 g/mol. The van der Waals surface area contributed by atoms with Crippen LogP contribution < -0.4 is 11.5 Å². The van der Waals surface area contributed by atoms with Crippen molar-refractivity contribution in [1.82, 2.24) is 0 Å². The van der Waals surface area contributed by atoms with Crippen molar-refractivity contribution >= 4 is 0 Å². The molecule has 0 rings (SSSR count). The van der Waals surface area contributed by atoms with Gasteiger partial charge < -0.3 is 11.5 Å². The van der Waals surface area contributed by atoms with Gasteiger partial charge >= 0.3 is 0 Å². The zero-order valence-electron chi connectivity index (χ0n) is 7.12. The van der Waals surface area contributed by atoms with Gasteiger partial charge in [0.2, 0.25) is 0 Å². The molecule has 1 atom stereocenters. The lowest BCUT2D eigenvalue weighted by Crippen LogP contribution is -2.09. The fourth-order valence-corrected chi connectivity index (χ4v) is 0.511. The van der Waals surface area contributed by atoms with Gasteiger partial charge in [-0.05, 0) is 19.9 Å². The predicted molar refractivity (Wildman–Crippen MR) is 49.9 cm³/mol. The third kappa shape index (κ3) is 8.98. The van der Waals surface area contributed by atoms with Crippen molar-refractivity contribution in [1.29, 1.82) is 0 Å². The second-order valence-corrected chi connectivity index (χ2v) is 2.54. The highest BCUT2D eigenvalue weighted by molar-refractivity contribution is 5.14. The van der Waals surface area contributed by atoms with E-state index in [0.717, 1.165) is 5.70 Å². The minimum atomic E-state index is 0.114. The summed E-state index contributed by atoms with van der Waals surface area (Å²) in [6.07, 6.45) is 9.44. The molecule has 0 amide bonds. The van der Waals surface area contributed by atoms with E-state index in [2.05, 4.69) is 0 Å². The Labute approximate surface area is 68.3 Å². The summed E-state index contributed by atoms with van der Waals surface area (Å²) in [5.74, 6) is 0. The first-order valence-electron chi connectivity index (χ1n) is 3.65. The molecule has 2 heteroatoms. The van der Waals surface area contributed by atoms with Gasteiger partial charge in [-0.3, -0.25) is 0 Å². The minimum absolute atomic E-state index is 0.114. The summed E-state index contributed by atoms with van der Waals surface area (Å²) in [5, 5.41) is 0. The molecule has 0 heterocycles. The lowest BCUT2D eigenvalue weighted by Gasteiger charge is -1.89. The Hall–Kier alpha value is -1.02. The molecule has 0 radical (unpaired) electrons. The molecule has 0 aliphatic heterocycles. The molecule has 0 saturated carbocycles. The van der Waals surface area contributed by atoms with Crippen LogP contribution in [0, 0.1) is 0 Å². The molecule has 0 aromatic rings. The molecule has 11 heavy (non-hydrogen) atoms. The zero-order valence-corrected chi connectivity index (χ0v) is 7.12. The van der Waals surface area contributed by atoms with Gasteiger partial charge in [-0.15, -0.1) is 0 Å². The van der Waals surface area contributed by atoms with E-state index in [1.807, 2.05) is 44.2 Å². The van der Waals surface area contributed by atoms with Crippen LogP contribution in [0.15, 0.2) is 36.1 Å². The quantitative estimate of drug-likeness (QED) is 0.599. The summed E-state index contributed by atoms with van der Waals surface area (Å²) in [6, 6.07) is 0.114. The average Bonchev–Trinajstić information content (AvgIpc) is 1.85. The standard InChI is InChI=1S/C9H16N2/c1-8(10)6-4-3-5-7-9(2)11/h3-8H,10-11H2,1-2H3/b5-3+,6-4+,9-7+. The molecule has 0 bridgehead atoms. The second-order valence-electron chi connectivity index (χ2n) is 2.54. The largest absolute Gasteiger partial charge is 0.402 e. The Kier molecular flexibility index (Phi) is 5.21. The van der Waals surface area contributed by atoms with Crippen LogP contribution in [0.4, 0.5) is 0 Å². The Morgan fingerprint density at radius 1 is 1.27 bits per heavy atom. The Balaban J connectivity index is 3.69. The van der Waals surface area contributed by atoms with Crippen LogP contribution in [0.25, 0.3) is 0 Å². The lowest BCUT2D eigenvalue weighted by atomic mass is 10.3. The van der Waals surface area contributed by atoms with Crippen LogP contribution in [0.5, 0.6) is 0 Å². The van der Waals surface area contributed by atoms with Crippen molar-refractivity contribution in [3.05, 3.63) is 36.1 Å². The molecular formula is C9H16N2. The molecule has 0 aromatic carbocycles. The second kappa shape index (κ2) is 5.74. The van der Waals surface area contributed by atoms with Gasteiger partial charge in [0.15, 0.2) is 0 Å². The molecule has 4 N–H and O–H groups in total. The number of allylic oxidation sites excluding steroid dienone is 5. The molecule has 0 aliphatic carbocycles. The third-order valence-electron chi connectivity index (χ3n) is 0.996. The van der Waals surface area contributed by atoms with Gasteiger partial charge in [-0.1, -0.05) is 24.3 Å². The van der Waals surface area contributed by atoms with Crippen molar-refractivity contribution in [2.24, 2.45) is 11.5 Å². The van der Waals surface area contributed by atoms with Gasteiger partial charge in [-0.2, -0.15) is 0 Å². The fraction of sp³-hybridized carbons (Fsp3) is 0.333. The molecule has 2 nitrogen and oxygen atoms in total. The first-order valence-corrected chi connectivity index (χ1v) is 3.65. The first kappa shape index (κ1) is 9.98. The molecule has 0 saturated heterocycles. The normalized spacial score (nSPS) is 16.5. The number of nitrogens with two attached hydrogens (primary N) is 2. The summed E-state index contributed by atoms with van der Waals surface area (Å²) in [5.41, 5.74) is 11.7. The van der Waals surface area contributed by atoms with E-state index in [1.54, 1.807) is 0 Å². The molecule has 1 unspecified atom stereocenters. The van der Waals surface area contributed by atoms with E-state index in [-0.39, 0.29) is 6.04 Å². The Morgan fingerprint density at radius 3 is 2.36 bits per heavy atom. The van der Waals surface area contributed by atoms with Gasteiger partial charge in [0.1, 0.15) is 0 Å². The molecular weight excluding hydrogens is 136 g/mol. The van der Waals surface area contributed by atoms with Crippen molar-refractivity contribution in [2.75, 3.05) is 0 Å². The maximum absolute atomic E-state index is 5.47. The maximum Gasteiger partial charge on any atom is 0.0197 e. The van der Waals surface area contributed by atoms with E-state index in [1.165, 1.54) is 0 Å². The predicted octanol–water partition coefficient (Wildman–Crippen LogP) is 1.31. The van der Waals surface area contributed by atoms with Crippen LogP contribution in [0.2, 0.25) is 0 Å². The average molecular weight is 152 g/mol. The fourth-order valence-electron chi connectivity index (χ4n) is 0.511. The molecule has 0 fully saturated rings. The Bertz CT molecular complexity index is 172. The van der Waals surface area contributed by atoms with Gasteiger partial charge in [-0.25, -0.2) is 0 Å². The van der Waals surface area contributed by atoms with E-state index < -0.39 is 0 Å². The Morgan fingerprint density at radius 2 is 1.91 bits per heavy atom. The van der Waals surface area contributed by atoms with Crippen LogP contribution in [-0.4, -0.2) is 6.04 Å². The topological polar surface area (TPSA) is 52.0 Å². The van der Waals surface area contributed by atoms with E-state index in [9.17, 15) is 0 Å². The van der Waals surface area contributed by atoms with E-state index in [0.29, 0.717) is 0 Å². The van der Waals surface area contributed by atoms with Crippen molar-refractivity contribution in [3.63, 3.8) is 0 Å². The summed E-state index contributed by atoms with van der Waals surface area (Å²) in [7, 11) is 0. The number of hydrogen-bond donors (Lipinski definition) is 2. The van der Waals surface area contributed by atoms with Crippen molar-refractivity contribution in [2.45, 2.75) is 19.9 Å². The summed E-state index contributed by atoms with van der Waals surface area (Å²) >= 11 is 0. The minimum Gasteiger partial charge on any atom is -0.402 e. The zero-order chi connectivity index (χ0) is 8.69. The number of hydrogen-bond acceptors (Lipinski definition) is 2. The van der Waals surface area contributed by atoms with Crippen LogP contribution in [0.1, 0.15) is 13.8 Å². The van der Waals surface area contributed by atoms with Gasteiger partial charge in [0.25, 0.3) is 0 Å². The van der Waals surface area contributed by atoms with Crippen LogP contribution in [-0.2, 0) is 0 Å².